The smallest absolute Gasteiger partial charge is 0.207 e. The van der Waals surface area contributed by atoms with Crippen molar-refractivity contribution in [2.75, 3.05) is 40.9 Å². The third kappa shape index (κ3) is 1.94. The van der Waals surface area contributed by atoms with E-state index in [9.17, 15) is 0 Å². The van der Waals surface area contributed by atoms with Gasteiger partial charge in [-0.05, 0) is 0 Å². The van der Waals surface area contributed by atoms with Crippen molar-refractivity contribution < 1.29 is 14.0 Å². The first-order valence-electron chi connectivity index (χ1n) is 3.60. The summed E-state index contributed by atoms with van der Waals surface area (Å²) < 4.78 is 11.4. The number of quaternary nitrogens is 1. The molecule has 0 N–H and O–H groups in total. The molecule has 0 aromatic rings. The molecule has 0 aromatic heterocycles. The Hall–Kier alpha value is -0.120. The second kappa shape index (κ2) is 2.86. The Bertz CT molecular complexity index is 114. The third-order valence-electron chi connectivity index (χ3n) is 1.91. The van der Waals surface area contributed by atoms with E-state index >= 15 is 0 Å². The second-order valence-electron chi connectivity index (χ2n) is 3.38. The molecule has 0 aliphatic carbocycles. The molecule has 1 rings (SSSR count). The van der Waals surface area contributed by atoms with Crippen molar-refractivity contribution in [2.24, 2.45) is 0 Å². The van der Waals surface area contributed by atoms with E-state index in [4.69, 9.17) is 9.47 Å². The van der Waals surface area contributed by atoms with Crippen molar-refractivity contribution in [1.82, 2.24) is 0 Å². The number of rotatable bonds is 1. The molecule has 3 heteroatoms. The van der Waals surface area contributed by atoms with Gasteiger partial charge in [0.15, 0.2) is 0 Å². The Balaban J connectivity index is 2.40. The fourth-order valence-corrected chi connectivity index (χ4v) is 1.12. The van der Waals surface area contributed by atoms with Gasteiger partial charge in [-0.3, -0.25) is 0 Å². The Morgan fingerprint density at radius 1 is 1.50 bits per heavy atom. The van der Waals surface area contributed by atoms with Crippen LogP contribution in [0.1, 0.15) is 0 Å². The van der Waals surface area contributed by atoms with Crippen LogP contribution < -0.4 is 0 Å². The highest BCUT2D eigenvalue weighted by atomic mass is 16.7. The van der Waals surface area contributed by atoms with Crippen LogP contribution in [0, 0.1) is 0 Å². The summed E-state index contributed by atoms with van der Waals surface area (Å²) in [5.41, 5.74) is 0. The number of morpholine rings is 1. The minimum Gasteiger partial charge on any atom is -0.351 e. The van der Waals surface area contributed by atoms with Crippen molar-refractivity contribution in [3.05, 3.63) is 0 Å². The molecular weight excluding hydrogens is 130 g/mol. The maximum Gasteiger partial charge on any atom is 0.207 e. The first-order chi connectivity index (χ1) is 4.64. The van der Waals surface area contributed by atoms with E-state index < -0.39 is 0 Å². The van der Waals surface area contributed by atoms with Crippen LogP contribution in [0.2, 0.25) is 0 Å². The lowest BCUT2D eigenvalue weighted by Gasteiger charge is -2.36. The summed E-state index contributed by atoms with van der Waals surface area (Å²) in [5.74, 6) is 0. The molecule has 1 saturated heterocycles. The zero-order valence-corrected chi connectivity index (χ0v) is 6.96. The zero-order chi connectivity index (χ0) is 7.61. The van der Waals surface area contributed by atoms with Gasteiger partial charge in [0.1, 0.15) is 13.1 Å². The molecule has 0 radical (unpaired) electrons. The molecular formula is C7H16NO2+. The zero-order valence-electron chi connectivity index (χ0n) is 6.96. The SMILES string of the molecule is COC1C[N+](C)(C)CCO1. The number of hydrogen-bond donors (Lipinski definition) is 0. The lowest BCUT2D eigenvalue weighted by molar-refractivity contribution is -0.905. The van der Waals surface area contributed by atoms with E-state index in [0.717, 1.165) is 24.2 Å². The molecule has 10 heavy (non-hydrogen) atoms. The summed E-state index contributed by atoms with van der Waals surface area (Å²) >= 11 is 0. The van der Waals surface area contributed by atoms with Gasteiger partial charge in [0.05, 0.1) is 20.7 Å². The quantitative estimate of drug-likeness (QED) is 0.487. The highest BCUT2D eigenvalue weighted by molar-refractivity contribution is 4.48. The lowest BCUT2D eigenvalue weighted by Crippen LogP contribution is -2.53. The average Bonchev–Trinajstić information content (AvgIpc) is 1.86. The number of nitrogens with zero attached hydrogens (tertiary/aromatic N) is 1. The Labute approximate surface area is 62.1 Å². The summed E-state index contributed by atoms with van der Waals surface area (Å²) in [7, 11) is 6.07. The number of likely N-dealkylation sites (N-methyl/N-ethyl adjacent to an activating group) is 1. The minimum absolute atomic E-state index is 0.00347. The monoisotopic (exact) mass is 146 g/mol. The second-order valence-corrected chi connectivity index (χ2v) is 3.38. The standard InChI is InChI=1S/C7H16NO2/c1-8(2)4-5-10-7(6-8)9-3/h7H,4-6H2,1-3H3/q+1. The van der Waals surface area contributed by atoms with Gasteiger partial charge in [-0.15, -0.1) is 0 Å². The Kier molecular flexibility index (Phi) is 2.28. The first-order valence-corrected chi connectivity index (χ1v) is 3.60. The summed E-state index contributed by atoms with van der Waals surface area (Å²) in [4.78, 5) is 0. The van der Waals surface area contributed by atoms with E-state index in [1.54, 1.807) is 7.11 Å². The lowest BCUT2D eigenvalue weighted by atomic mass is 10.4. The number of ether oxygens (including phenoxy) is 2. The summed E-state index contributed by atoms with van der Waals surface area (Å²) in [6, 6.07) is 0. The highest BCUT2D eigenvalue weighted by Gasteiger charge is 2.27. The van der Waals surface area contributed by atoms with Gasteiger partial charge >= 0.3 is 0 Å². The predicted octanol–water partition coefficient (Wildman–Crippen LogP) is 0.0655. The minimum atomic E-state index is 0.00347. The molecule has 1 heterocycles. The third-order valence-corrected chi connectivity index (χ3v) is 1.91. The normalized spacial score (nSPS) is 32.1. The van der Waals surface area contributed by atoms with E-state index in [0.29, 0.717) is 0 Å². The van der Waals surface area contributed by atoms with Gasteiger partial charge in [-0.25, -0.2) is 0 Å². The molecule has 0 spiro atoms. The van der Waals surface area contributed by atoms with Crippen LogP contribution in [0.4, 0.5) is 0 Å². The summed E-state index contributed by atoms with van der Waals surface area (Å²) in [5, 5.41) is 0. The van der Waals surface area contributed by atoms with Crippen LogP contribution in [0.15, 0.2) is 0 Å². The van der Waals surface area contributed by atoms with E-state index in [1.807, 2.05) is 0 Å². The van der Waals surface area contributed by atoms with Gasteiger partial charge < -0.3 is 14.0 Å². The van der Waals surface area contributed by atoms with Gasteiger partial charge in [0, 0.05) is 7.11 Å². The molecule has 1 aliphatic rings. The van der Waals surface area contributed by atoms with Crippen LogP contribution >= 0.6 is 0 Å². The van der Waals surface area contributed by atoms with E-state index in [2.05, 4.69) is 14.1 Å². The van der Waals surface area contributed by atoms with Crippen LogP contribution in [0.5, 0.6) is 0 Å². The molecule has 0 bridgehead atoms. The molecule has 3 nitrogen and oxygen atoms in total. The van der Waals surface area contributed by atoms with Crippen LogP contribution in [-0.2, 0) is 9.47 Å². The van der Waals surface area contributed by atoms with Crippen molar-refractivity contribution >= 4 is 0 Å². The van der Waals surface area contributed by atoms with Gasteiger partial charge in [0.25, 0.3) is 0 Å². The van der Waals surface area contributed by atoms with Crippen molar-refractivity contribution in [3.8, 4) is 0 Å². The van der Waals surface area contributed by atoms with Crippen molar-refractivity contribution in [3.63, 3.8) is 0 Å². The number of hydrogen-bond acceptors (Lipinski definition) is 2. The maximum absolute atomic E-state index is 5.32. The van der Waals surface area contributed by atoms with Crippen molar-refractivity contribution in [2.45, 2.75) is 6.29 Å². The molecule has 60 valence electrons. The fraction of sp³-hybridized carbons (Fsp3) is 1.00. The molecule has 1 fully saturated rings. The van der Waals surface area contributed by atoms with Crippen molar-refractivity contribution in [1.29, 1.82) is 0 Å². The first kappa shape index (κ1) is 7.98. The molecule has 0 amide bonds. The van der Waals surface area contributed by atoms with Crippen LogP contribution in [0.25, 0.3) is 0 Å². The van der Waals surface area contributed by atoms with Crippen LogP contribution in [-0.4, -0.2) is 51.7 Å². The fourth-order valence-electron chi connectivity index (χ4n) is 1.12. The largest absolute Gasteiger partial charge is 0.351 e. The van der Waals surface area contributed by atoms with Gasteiger partial charge in [-0.2, -0.15) is 0 Å². The van der Waals surface area contributed by atoms with E-state index in [1.165, 1.54) is 0 Å². The highest BCUT2D eigenvalue weighted by Crippen LogP contribution is 2.09. The van der Waals surface area contributed by atoms with Gasteiger partial charge in [-0.1, -0.05) is 0 Å². The summed E-state index contributed by atoms with van der Waals surface area (Å²) in [6.45, 7) is 2.85. The van der Waals surface area contributed by atoms with E-state index in [-0.39, 0.29) is 6.29 Å². The average molecular weight is 146 g/mol. The molecule has 0 aromatic carbocycles. The molecule has 1 unspecified atom stereocenters. The molecule has 0 saturated carbocycles. The molecule has 1 aliphatic heterocycles. The maximum atomic E-state index is 5.32. The van der Waals surface area contributed by atoms with Crippen LogP contribution in [0.3, 0.4) is 0 Å². The Morgan fingerprint density at radius 3 is 2.60 bits per heavy atom. The topological polar surface area (TPSA) is 18.5 Å². The summed E-state index contributed by atoms with van der Waals surface area (Å²) in [6.07, 6.45) is 0.00347. The number of methoxy groups -OCH3 is 1. The predicted molar refractivity (Wildman–Crippen MR) is 38.6 cm³/mol. The Morgan fingerprint density at radius 2 is 2.20 bits per heavy atom. The van der Waals surface area contributed by atoms with Gasteiger partial charge in [0.2, 0.25) is 6.29 Å². The molecule has 1 atom stereocenters.